The maximum atomic E-state index is 10.9. The van der Waals surface area contributed by atoms with Crippen LogP contribution in [0.2, 0.25) is 0 Å². The number of aromatic hydroxyl groups is 1. The number of unbranched alkanes of at least 4 members (excludes halogenated alkanes) is 2. The number of fused-ring (bicyclic) bond motifs is 1. The Morgan fingerprint density at radius 2 is 1.84 bits per heavy atom. The summed E-state index contributed by atoms with van der Waals surface area (Å²) in [4.78, 5) is 2.36. The highest BCUT2D eigenvalue weighted by molar-refractivity contribution is 5.39. The summed E-state index contributed by atoms with van der Waals surface area (Å²) in [5.74, 6) is 0.776. The van der Waals surface area contributed by atoms with Crippen molar-refractivity contribution in [1.82, 2.24) is 4.90 Å². The maximum Gasteiger partial charge on any atom is 0.119 e. The fourth-order valence-corrected chi connectivity index (χ4v) is 5.10. The highest BCUT2D eigenvalue weighted by atomic mass is 16.3. The Hall–Kier alpha value is -2.26. The zero-order valence-corrected chi connectivity index (χ0v) is 20.1. The lowest BCUT2D eigenvalue weighted by Gasteiger charge is -2.50. The van der Waals surface area contributed by atoms with E-state index in [1.165, 1.54) is 49.7 Å². The molecule has 1 fully saturated rings. The van der Waals surface area contributed by atoms with Gasteiger partial charge in [0.05, 0.1) is 11.6 Å². The first kappa shape index (κ1) is 24.4. The smallest absolute Gasteiger partial charge is 0.119 e. The maximum absolute atomic E-state index is 10.9. The molecule has 1 aliphatic carbocycles. The Balaban J connectivity index is 0.000000182. The standard InChI is InChI=1S/C15H27NO.C14H14O/c1-3-4-7-11-16-12-9-14-8-5-6-10-15(14,17)13(16)2;1-11-7-8-14(15)13(9-11)10-12-5-3-2-4-6-12/h9,12-14,17H,3-8,10-11H2,1-2H3;2-9,15H,10H2,1H3/t13-,14?,15?;/m1./s1. The quantitative estimate of drug-likeness (QED) is 0.502. The first-order valence-electron chi connectivity index (χ1n) is 12.4. The molecule has 1 saturated carbocycles. The molecule has 4 rings (SSSR count). The van der Waals surface area contributed by atoms with Crippen LogP contribution in [0.3, 0.4) is 0 Å². The average Bonchev–Trinajstić information content (AvgIpc) is 2.80. The van der Waals surface area contributed by atoms with Crippen LogP contribution in [0, 0.1) is 12.8 Å². The predicted molar refractivity (Wildman–Crippen MR) is 134 cm³/mol. The van der Waals surface area contributed by atoms with Gasteiger partial charge in [0.15, 0.2) is 0 Å². The van der Waals surface area contributed by atoms with Crippen molar-refractivity contribution in [2.45, 2.75) is 83.8 Å². The lowest BCUT2D eigenvalue weighted by Crippen LogP contribution is -2.57. The molecule has 2 unspecified atom stereocenters. The van der Waals surface area contributed by atoms with Crippen molar-refractivity contribution in [3.63, 3.8) is 0 Å². The van der Waals surface area contributed by atoms with Gasteiger partial charge in [0, 0.05) is 18.9 Å². The third kappa shape index (κ3) is 6.16. The van der Waals surface area contributed by atoms with E-state index >= 15 is 0 Å². The summed E-state index contributed by atoms with van der Waals surface area (Å²) in [6, 6.07) is 16.2. The van der Waals surface area contributed by atoms with Gasteiger partial charge in [-0.05, 0) is 56.5 Å². The van der Waals surface area contributed by atoms with Gasteiger partial charge in [0.2, 0.25) is 0 Å². The number of rotatable bonds is 6. The second kappa shape index (κ2) is 11.6. The predicted octanol–water partition coefficient (Wildman–Crippen LogP) is 6.61. The van der Waals surface area contributed by atoms with Crippen molar-refractivity contribution >= 4 is 0 Å². The molecule has 174 valence electrons. The third-order valence-electron chi connectivity index (χ3n) is 7.21. The number of hydrogen-bond acceptors (Lipinski definition) is 3. The van der Waals surface area contributed by atoms with Crippen molar-refractivity contribution in [3.05, 3.63) is 77.5 Å². The summed E-state index contributed by atoms with van der Waals surface area (Å²) < 4.78 is 0. The molecule has 0 spiro atoms. The van der Waals surface area contributed by atoms with Gasteiger partial charge in [-0.3, -0.25) is 0 Å². The van der Waals surface area contributed by atoms with Gasteiger partial charge in [0.1, 0.15) is 5.75 Å². The number of benzene rings is 2. The second-order valence-electron chi connectivity index (χ2n) is 9.60. The van der Waals surface area contributed by atoms with Crippen molar-refractivity contribution < 1.29 is 10.2 Å². The molecular weight excluding hydrogens is 394 g/mol. The minimum Gasteiger partial charge on any atom is -0.508 e. The van der Waals surface area contributed by atoms with Gasteiger partial charge in [-0.25, -0.2) is 0 Å². The van der Waals surface area contributed by atoms with Gasteiger partial charge in [-0.2, -0.15) is 0 Å². The van der Waals surface area contributed by atoms with Crippen LogP contribution < -0.4 is 0 Å². The molecule has 2 N–H and O–H groups in total. The van der Waals surface area contributed by atoms with Crippen molar-refractivity contribution in [2.75, 3.05) is 6.54 Å². The molecule has 32 heavy (non-hydrogen) atoms. The molecule has 3 atom stereocenters. The molecule has 2 aromatic rings. The van der Waals surface area contributed by atoms with Gasteiger partial charge >= 0.3 is 0 Å². The molecular formula is C29H41NO2. The van der Waals surface area contributed by atoms with Crippen molar-refractivity contribution in [3.8, 4) is 5.75 Å². The Morgan fingerprint density at radius 1 is 1.06 bits per heavy atom. The molecule has 1 aliphatic heterocycles. The number of phenolic OH excluding ortho intramolecular Hbond substituents is 1. The lowest BCUT2D eigenvalue weighted by molar-refractivity contribution is -0.0913. The van der Waals surface area contributed by atoms with Crippen molar-refractivity contribution in [2.24, 2.45) is 5.92 Å². The summed E-state index contributed by atoms with van der Waals surface area (Å²) in [5.41, 5.74) is 2.93. The zero-order valence-electron chi connectivity index (χ0n) is 20.1. The summed E-state index contributed by atoms with van der Waals surface area (Å²) in [7, 11) is 0. The fourth-order valence-electron chi connectivity index (χ4n) is 5.10. The Bertz CT molecular complexity index is 863. The number of phenols is 1. The molecule has 0 bridgehead atoms. The van der Waals surface area contributed by atoms with Crippen LogP contribution in [0.4, 0.5) is 0 Å². The molecule has 0 saturated heterocycles. The number of aryl methyl sites for hydroxylation is 1. The number of hydrogen-bond donors (Lipinski definition) is 2. The molecule has 0 aromatic heterocycles. The van der Waals surface area contributed by atoms with Crippen molar-refractivity contribution in [1.29, 1.82) is 0 Å². The van der Waals surface area contributed by atoms with Crippen LogP contribution >= 0.6 is 0 Å². The Kier molecular flexibility index (Phi) is 8.81. The third-order valence-corrected chi connectivity index (χ3v) is 7.21. The summed E-state index contributed by atoms with van der Waals surface area (Å²) in [6.07, 6.45) is 13.7. The van der Waals surface area contributed by atoms with E-state index in [2.05, 4.69) is 43.2 Å². The number of nitrogens with zero attached hydrogens (tertiary/aromatic N) is 1. The van der Waals surface area contributed by atoms with Gasteiger partial charge in [-0.15, -0.1) is 0 Å². The van der Waals surface area contributed by atoms with E-state index in [0.29, 0.717) is 11.7 Å². The number of aliphatic hydroxyl groups is 1. The SMILES string of the molecule is CCCCCN1C=CC2CCCCC2(O)[C@H]1C.Cc1ccc(O)c(Cc2ccccc2)c1. The second-order valence-corrected chi connectivity index (χ2v) is 9.60. The van der Waals surface area contributed by atoms with E-state index in [4.69, 9.17) is 0 Å². The van der Waals surface area contributed by atoms with E-state index < -0.39 is 5.60 Å². The van der Waals surface area contributed by atoms with Gasteiger partial charge < -0.3 is 15.1 Å². The zero-order chi connectivity index (χ0) is 23.0. The molecule has 3 nitrogen and oxygen atoms in total. The molecule has 0 amide bonds. The molecule has 1 heterocycles. The van der Waals surface area contributed by atoms with Crippen LogP contribution in [-0.2, 0) is 6.42 Å². The average molecular weight is 436 g/mol. The summed E-state index contributed by atoms with van der Waals surface area (Å²) in [5, 5.41) is 20.6. The van der Waals surface area contributed by atoms with Crippen LogP contribution in [0.5, 0.6) is 5.75 Å². The molecule has 0 radical (unpaired) electrons. The molecule has 2 aliphatic rings. The first-order valence-corrected chi connectivity index (χ1v) is 12.4. The minimum absolute atomic E-state index is 0.287. The normalized spacial score (nSPS) is 24.4. The summed E-state index contributed by atoms with van der Waals surface area (Å²) >= 11 is 0. The van der Waals surface area contributed by atoms with Gasteiger partial charge in [-0.1, -0.05) is 86.7 Å². The van der Waals surface area contributed by atoms with E-state index in [9.17, 15) is 10.2 Å². The highest BCUT2D eigenvalue weighted by Gasteiger charge is 2.45. The molecule has 3 heteroatoms. The van der Waals surface area contributed by atoms with Crippen LogP contribution in [-0.4, -0.2) is 33.3 Å². The Labute approximate surface area is 194 Å². The van der Waals surface area contributed by atoms with Gasteiger partial charge in [0.25, 0.3) is 0 Å². The van der Waals surface area contributed by atoms with E-state index in [0.717, 1.165) is 24.9 Å². The van der Waals surface area contributed by atoms with E-state index in [1.54, 1.807) is 6.07 Å². The van der Waals surface area contributed by atoms with Crippen LogP contribution in [0.15, 0.2) is 60.8 Å². The van der Waals surface area contributed by atoms with E-state index in [1.807, 2.05) is 37.3 Å². The topological polar surface area (TPSA) is 43.7 Å². The highest BCUT2D eigenvalue weighted by Crippen LogP contribution is 2.41. The fraction of sp³-hybridized carbons (Fsp3) is 0.517. The van der Waals surface area contributed by atoms with Crippen LogP contribution in [0.1, 0.15) is 75.5 Å². The monoisotopic (exact) mass is 435 g/mol. The van der Waals surface area contributed by atoms with Crippen LogP contribution in [0.25, 0.3) is 0 Å². The largest absolute Gasteiger partial charge is 0.508 e. The summed E-state index contributed by atoms with van der Waals surface area (Å²) in [6.45, 7) is 7.57. The van der Waals surface area contributed by atoms with E-state index in [-0.39, 0.29) is 6.04 Å². The molecule has 2 aromatic carbocycles. The first-order chi connectivity index (χ1) is 15.4. The Morgan fingerprint density at radius 3 is 2.59 bits per heavy atom. The lowest BCUT2D eigenvalue weighted by atomic mass is 9.69. The minimum atomic E-state index is -0.459.